The standard InChI is InChI=1S/C14H19ClN2O/c1-13-5-6-14(2,9-13)8-10(7-13)18-12-4-3-11(15)16-17-12/h3-4,10H,5-9H2,1-2H3/t10-,13-,14+. The third-order valence-corrected chi connectivity index (χ3v) is 4.72. The molecule has 2 bridgehead atoms. The summed E-state index contributed by atoms with van der Waals surface area (Å²) < 4.78 is 5.99. The van der Waals surface area contributed by atoms with Gasteiger partial charge in [-0.15, -0.1) is 10.2 Å². The smallest absolute Gasteiger partial charge is 0.233 e. The van der Waals surface area contributed by atoms with Crippen LogP contribution in [0.5, 0.6) is 5.88 Å². The van der Waals surface area contributed by atoms with Crippen LogP contribution in [0.15, 0.2) is 12.1 Å². The second kappa shape index (κ2) is 4.09. The highest BCUT2D eigenvalue weighted by Crippen LogP contribution is 2.58. The molecule has 1 aromatic rings. The third-order valence-electron chi connectivity index (χ3n) is 4.52. The molecule has 2 aliphatic carbocycles. The predicted molar refractivity (Wildman–Crippen MR) is 70.8 cm³/mol. The summed E-state index contributed by atoms with van der Waals surface area (Å²) in [4.78, 5) is 0. The molecule has 98 valence electrons. The van der Waals surface area contributed by atoms with E-state index in [2.05, 4.69) is 24.0 Å². The van der Waals surface area contributed by atoms with Crippen molar-refractivity contribution in [2.24, 2.45) is 10.8 Å². The molecule has 18 heavy (non-hydrogen) atoms. The molecule has 0 saturated heterocycles. The molecule has 0 spiro atoms. The summed E-state index contributed by atoms with van der Waals surface area (Å²) in [5.74, 6) is 0.595. The van der Waals surface area contributed by atoms with Crippen molar-refractivity contribution in [2.45, 2.75) is 52.1 Å². The Labute approximate surface area is 113 Å². The fourth-order valence-corrected chi connectivity index (χ4v) is 4.05. The summed E-state index contributed by atoms with van der Waals surface area (Å²) in [6.45, 7) is 4.78. The van der Waals surface area contributed by atoms with Gasteiger partial charge in [0.2, 0.25) is 5.88 Å². The normalized spacial score (nSPS) is 38.7. The van der Waals surface area contributed by atoms with Crippen LogP contribution >= 0.6 is 11.6 Å². The van der Waals surface area contributed by atoms with Crippen LogP contribution in [0.4, 0.5) is 0 Å². The first-order valence-corrected chi connectivity index (χ1v) is 7.00. The molecule has 2 fully saturated rings. The average Bonchev–Trinajstić information content (AvgIpc) is 2.51. The molecule has 2 aliphatic rings. The topological polar surface area (TPSA) is 35.0 Å². The van der Waals surface area contributed by atoms with Gasteiger partial charge in [-0.25, -0.2) is 0 Å². The van der Waals surface area contributed by atoms with Gasteiger partial charge >= 0.3 is 0 Å². The third kappa shape index (κ3) is 2.33. The SMILES string of the molecule is C[C@]12CC[C@](C)(C[C@@H](Oc3ccc(Cl)nn3)C1)C2. The van der Waals surface area contributed by atoms with Gasteiger partial charge in [0.15, 0.2) is 5.15 Å². The number of hydrogen-bond donors (Lipinski definition) is 0. The average molecular weight is 267 g/mol. The molecule has 3 rings (SSSR count). The van der Waals surface area contributed by atoms with E-state index in [-0.39, 0.29) is 6.10 Å². The number of aromatic nitrogens is 2. The van der Waals surface area contributed by atoms with Gasteiger partial charge in [0.05, 0.1) is 0 Å². The lowest BCUT2D eigenvalue weighted by Gasteiger charge is -2.39. The molecule has 0 aromatic carbocycles. The maximum Gasteiger partial charge on any atom is 0.233 e. The number of hydrogen-bond acceptors (Lipinski definition) is 3. The molecule has 0 N–H and O–H groups in total. The van der Waals surface area contributed by atoms with Crippen LogP contribution in [0.2, 0.25) is 5.15 Å². The van der Waals surface area contributed by atoms with Gasteiger partial charge in [-0.2, -0.15) is 0 Å². The minimum absolute atomic E-state index is 0.270. The first kappa shape index (κ1) is 12.2. The maximum atomic E-state index is 5.99. The lowest BCUT2D eigenvalue weighted by Crippen LogP contribution is -2.36. The van der Waals surface area contributed by atoms with Crippen molar-refractivity contribution in [3.63, 3.8) is 0 Å². The van der Waals surface area contributed by atoms with Crippen molar-refractivity contribution in [2.75, 3.05) is 0 Å². The molecule has 0 unspecified atom stereocenters. The van der Waals surface area contributed by atoms with E-state index in [4.69, 9.17) is 16.3 Å². The van der Waals surface area contributed by atoms with Crippen LogP contribution in [-0.2, 0) is 0 Å². The van der Waals surface area contributed by atoms with Crippen LogP contribution in [0, 0.1) is 10.8 Å². The van der Waals surface area contributed by atoms with E-state index in [0.717, 1.165) is 12.8 Å². The summed E-state index contributed by atoms with van der Waals surface area (Å²) in [6.07, 6.45) is 6.53. The highest BCUT2D eigenvalue weighted by Gasteiger charge is 2.49. The number of fused-ring (bicyclic) bond motifs is 2. The van der Waals surface area contributed by atoms with Gasteiger partial charge < -0.3 is 4.74 Å². The monoisotopic (exact) mass is 266 g/mol. The molecule has 0 radical (unpaired) electrons. The van der Waals surface area contributed by atoms with Crippen molar-refractivity contribution < 1.29 is 4.74 Å². The highest BCUT2D eigenvalue weighted by atomic mass is 35.5. The predicted octanol–water partition coefficient (Wildman–Crippen LogP) is 3.87. The number of rotatable bonds is 2. The summed E-state index contributed by atoms with van der Waals surface area (Å²) in [5, 5.41) is 8.21. The van der Waals surface area contributed by atoms with Gasteiger partial charge in [0, 0.05) is 6.07 Å². The highest BCUT2D eigenvalue weighted by molar-refractivity contribution is 6.29. The summed E-state index contributed by atoms with van der Waals surface area (Å²) in [5.41, 5.74) is 0.912. The molecular weight excluding hydrogens is 248 g/mol. The van der Waals surface area contributed by atoms with Crippen LogP contribution in [0.1, 0.15) is 46.0 Å². The van der Waals surface area contributed by atoms with Crippen molar-refractivity contribution in [1.29, 1.82) is 0 Å². The lowest BCUT2D eigenvalue weighted by atomic mass is 9.69. The van der Waals surface area contributed by atoms with Crippen molar-refractivity contribution in [3.05, 3.63) is 17.3 Å². The molecule has 1 aromatic heterocycles. The zero-order valence-electron chi connectivity index (χ0n) is 10.9. The fraction of sp³-hybridized carbons (Fsp3) is 0.714. The van der Waals surface area contributed by atoms with E-state index in [1.165, 1.54) is 19.3 Å². The Morgan fingerprint density at radius 3 is 2.39 bits per heavy atom. The Kier molecular flexibility index (Phi) is 2.77. The van der Waals surface area contributed by atoms with Crippen LogP contribution < -0.4 is 4.74 Å². The van der Waals surface area contributed by atoms with Gasteiger partial charge in [-0.05, 0) is 49.0 Å². The molecule has 4 heteroatoms. The Hall–Kier alpha value is -0.830. The molecular formula is C14H19ClN2O. The lowest BCUT2D eigenvalue weighted by molar-refractivity contribution is 0.0401. The molecule has 0 aliphatic heterocycles. The Morgan fingerprint density at radius 2 is 1.83 bits per heavy atom. The van der Waals surface area contributed by atoms with E-state index in [1.54, 1.807) is 12.1 Å². The minimum Gasteiger partial charge on any atom is -0.473 e. The maximum absolute atomic E-state index is 5.99. The summed E-state index contributed by atoms with van der Waals surface area (Å²) >= 11 is 5.73. The number of nitrogens with zero attached hydrogens (tertiary/aromatic N) is 2. The van der Waals surface area contributed by atoms with Gasteiger partial charge in [-0.3, -0.25) is 0 Å². The minimum atomic E-state index is 0.270. The summed E-state index contributed by atoms with van der Waals surface area (Å²) in [6, 6.07) is 3.53. The fourth-order valence-electron chi connectivity index (χ4n) is 3.95. The van der Waals surface area contributed by atoms with Crippen LogP contribution in [-0.4, -0.2) is 16.3 Å². The Morgan fingerprint density at radius 1 is 1.17 bits per heavy atom. The van der Waals surface area contributed by atoms with Crippen molar-refractivity contribution in [1.82, 2.24) is 10.2 Å². The summed E-state index contributed by atoms with van der Waals surface area (Å²) in [7, 11) is 0. The molecule has 2 saturated carbocycles. The van der Waals surface area contributed by atoms with Crippen LogP contribution in [0.25, 0.3) is 0 Å². The second-order valence-electron chi connectivity index (χ2n) is 6.64. The molecule has 3 atom stereocenters. The van der Waals surface area contributed by atoms with Crippen molar-refractivity contribution >= 4 is 11.6 Å². The quantitative estimate of drug-likeness (QED) is 0.815. The van der Waals surface area contributed by atoms with E-state index in [9.17, 15) is 0 Å². The second-order valence-corrected chi connectivity index (χ2v) is 7.03. The van der Waals surface area contributed by atoms with E-state index in [1.807, 2.05) is 0 Å². The Bertz CT molecular complexity index is 432. The van der Waals surface area contributed by atoms with Gasteiger partial charge in [0.25, 0.3) is 0 Å². The van der Waals surface area contributed by atoms with E-state index >= 15 is 0 Å². The first-order chi connectivity index (χ1) is 8.46. The number of ether oxygens (including phenoxy) is 1. The van der Waals surface area contributed by atoms with E-state index in [0.29, 0.717) is 21.9 Å². The largest absolute Gasteiger partial charge is 0.473 e. The Balaban J connectivity index is 1.72. The van der Waals surface area contributed by atoms with Crippen molar-refractivity contribution in [3.8, 4) is 5.88 Å². The molecule has 0 amide bonds. The number of halogens is 1. The van der Waals surface area contributed by atoms with Gasteiger partial charge in [0.1, 0.15) is 6.10 Å². The first-order valence-electron chi connectivity index (χ1n) is 6.62. The zero-order chi connectivity index (χ0) is 12.8. The van der Waals surface area contributed by atoms with Gasteiger partial charge in [-0.1, -0.05) is 25.4 Å². The molecule has 3 nitrogen and oxygen atoms in total. The molecule has 1 heterocycles. The zero-order valence-corrected chi connectivity index (χ0v) is 11.7. The van der Waals surface area contributed by atoms with E-state index < -0.39 is 0 Å². The van der Waals surface area contributed by atoms with Crippen LogP contribution in [0.3, 0.4) is 0 Å².